The second kappa shape index (κ2) is 6.43. The van der Waals surface area contributed by atoms with E-state index in [1.807, 2.05) is 24.4 Å². The molecule has 1 fully saturated rings. The second-order valence-electron chi connectivity index (χ2n) is 5.52. The van der Waals surface area contributed by atoms with Gasteiger partial charge in [-0.25, -0.2) is 4.98 Å². The average Bonchev–Trinajstić information content (AvgIpc) is 3.20. The molecule has 3 rings (SSSR count). The Morgan fingerprint density at radius 2 is 2.29 bits per heavy atom. The highest BCUT2D eigenvalue weighted by Crippen LogP contribution is 2.26. The minimum absolute atomic E-state index is 0.201. The number of thiophene rings is 1. The molecule has 1 amide bonds. The van der Waals surface area contributed by atoms with E-state index < -0.39 is 0 Å². The molecule has 21 heavy (non-hydrogen) atoms. The van der Waals surface area contributed by atoms with Crippen LogP contribution >= 0.6 is 11.3 Å². The van der Waals surface area contributed by atoms with Crippen molar-refractivity contribution in [3.05, 3.63) is 29.0 Å². The molecule has 1 N–H and O–H groups in total. The molecule has 0 bridgehead atoms. The van der Waals surface area contributed by atoms with E-state index in [1.165, 1.54) is 12.8 Å². The third-order valence-electron chi connectivity index (χ3n) is 4.01. The number of carbonyl (C=O) groups is 1. The van der Waals surface area contributed by atoms with Crippen molar-refractivity contribution in [3.63, 3.8) is 0 Å². The number of oxazole rings is 1. The van der Waals surface area contributed by atoms with Crippen LogP contribution in [0.3, 0.4) is 0 Å². The summed E-state index contributed by atoms with van der Waals surface area (Å²) >= 11 is 1.62. The quantitative estimate of drug-likeness (QED) is 0.919. The first kappa shape index (κ1) is 14.3. The van der Waals surface area contributed by atoms with Gasteiger partial charge in [0.05, 0.1) is 10.6 Å². The molecular weight excluding hydrogens is 284 g/mol. The van der Waals surface area contributed by atoms with Crippen LogP contribution in [-0.4, -0.2) is 17.4 Å². The van der Waals surface area contributed by atoms with E-state index in [-0.39, 0.29) is 11.8 Å². The van der Waals surface area contributed by atoms with Crippen molar-refractivity contribution in [2.45, 2.75) is 39.0 Å². The Morgan fingerprint density at radius 3 is 3.00 bits per heavy atom. The van der Waals surface area contributed by atoms with E-state index in [9.17, 15) is 4.79 Å². The Labute approximate surface area is 128 Å². The van der Waals surface area contributed by atoms with Crippen molar-refractivity contribution >= 4 is 17.2 Å². The van der Waals surface area contributed by atoms with Gasteiger partial charge in [-0.05, 0) is 31.2 Å². The Hall–Kier alpha value is -1.62. The highest BCUT2D eigenvalue weighted by Gasteiger charge is 2.22. The van der Waals surface area contributed by atoms with Crippen molar-refractivity contribution in [1.29, 1.82) is 0 Å². The van der Waals surface area contributed by atoms with Crippen molar-refractivity contribution in [1.82, 2.24) is 10.3 Å². The van der Waals surface area contributed by atoms with Crippen LogP contribution < -0.4 is 5.32 Å². The second-order valence-corrected chi connectivity index (χ2v) is 6.47. The maximum atomic E-state index is 12.0. The molecule has 0 spiro atoms. The molecule has 1 aliphatic rings. The van der Waals surface area contributed by atoms with Gasteiger partial charge >= 0.3 is 0 Å². The summed E-state index contributed by atoms with van der Waals surface area (Å²) in [6, 6.07) is 3.99. The summed E-state index contributed by atoms with van der Waals surface area (Å²) in [6.45, 7) is 2.56. The van der Waals surface area contributed by atoms with Gasteiger partial charge in [0.15, 0.2) is 0 Å². The molecule has 2 aromatic heterocycles. The zero-order valence-electron chi connectivity index (χ0n) is 12.2. The van der Waals surface area contributed by atoms with Gasteiger partial charge in [-0.1, -0.05) is 18.9 Å². The number of hydrogen-bond acceptors (Lipinski definition) is 4. The fraction of sp³-hybridized carbons (Fsp3) is 0.500. The van der Waals surface area contributed by atoms with Gasteiger partial charge in [0.1, 0.15) is 5.76 Å². The lowest BCUT2D eigenvalue weighted by molar-refractivity contribution is -0.124. The normalized spacial score (nSPS) is 15.5. The number of rotatable bonds is 5. The summed E-state index contributed by atoms with van der Waals surface area (Å²) in [7, 11) is 0. The van der Waals surface area contributed by atoms with Crippen LogP contribution in [0.25, 0.3) is 10.8 Å². The van der Waals surface area contributed by atoms with Crippen LogP contribution in [0.15, 0.2) is 21.9 Å². The van der Waals surface area contributed by atoms with Crippen molar-refractivity contribution in [2.24, 2.45) is 5.92 Å². The SMILES string of the molecule is Cc1oc(-c2cccs2)nc1CCNC(=O)C1CCCC1. The number of carbonyl (C=O) groups excluding carboxylic acids is 1. The number of aromatic nitrogens is 1. The summed E-state index contributed by atoms with van der Waals surface area (Å²) in [6.07, 6.45) is 5.17. The van der Waals surface area contributed by atoms with Gasteiger partial charge in [0, 0.05) is 18.9 Å². The minimum Gasteiger partial charge on any atom is -0.440 e. The smallest absolute Gasteiger partial charge is 0.236 e. The molecule has 0 atom stereocenters. The van der Waals surface area contributed by atoms with Gasteiger partial charge in [-0.2, -0.15) is 0 Å². The topological polar surface area (TPSA) is 55.1 Å². The lowest BCUT2D eigenvalue weighted by Crippen LogP contribution is -2.31. The molecule has 2 aromatic rings. The summed E-state index contributed by atoms with van der Waals surface area (Å²) in [4.78, 5) is 17.5. The van der Waals surface area contributed by atoms with E-state index in [2.05, 4.69) is 10.3 Å². The Kier molecular flexibility index (Phi) is 4.39. The van der Waals surface area contributed by atoms with Gasteiger partial charge in [-0.15, -0.1) is 11.3 Å². The largest absolute Gasteiger partial charge is 0.440 e. The van der Waals surface area contributed by atoms with Crippen LogP contribution in [0, 0.1) is 12.8 Å². The number of aryl methyl sites for hydroxylation is 1. The molecule has 0 aliphatic heterocycles. The van der Waals surface area contributed by atoms with Gasteiger partial charge in [0.2, 0.25) is 11.8 Å². The molecule has 0 saturated heterocycles. The first-order chi connectivity index (χ1) is 10.2. The van der Waals surface area contributed by atoms with E-state index >= 15 is 0 Å². The van der Waals surface area contributed by atoms with Crippen molar-refractivity contribution in [3.8, 4) is 10.8 Å². The molecule has 2 heterocycles. The molecular formula is C16H20N2O2S. The molecule has 112 valence electrons. The highest BCUT2D eigenvalue weighted by atomic mass is 32.1. The number of hydrogen-bond donors (Lipinski definition) is 1. The molecule has 0 unspecified atom stereocenters. The zero-order valence-corrected chi connectivity index (χ0v) is 13.0. The molecule has 1 aliphatic carbocycles. The maximum absolute atomic E-state index is 12.0. The first-order valence-corrected chi connectivity index (χ1v) is 8.40. The average molecular weight is 304 g/mol. The van der Waals surface area contributed by atoms with Crippen LogP contribution in [0.1, 0.15) is 37.1 Å². The predicted molar refractivity (Wildman–Crippen MR) is 83.2 cm³/mol. The molecule has 5 heteroatoms. The Bertz CT molecular complexity index is 598. The van der Waals surface area contributed by atoms with Crippen molar-refractivity contribution < 1.29 is 9.21 Å². The maximum Gasteiger partial charge on any atom is 0.236 e. The fourth-order valence-corrected chi connectivity index (χ4v) is 3.45. The van der Waals surface area contributed by atoms with Crippen LogP contribution in [-0.2, 0) is 11.2 Å². The summed E-state index contributed by atoms with van der Waals surface area (Å²) in [5, 5.41) is 5.04. The summed E-state index contributed by atoms with van der Waals surface area (Å²) in [5.41, 5.74) is 0.935. The van der Waals surface area contributed by atoms with Gasteiger partial charge in [-0.3, -0.25) is 4.79 Å². The lowest BCUT2D eigenvalue weighted by Gasteiger charge is -2.09. The highest BCUT2D eigenvalue weighted by molar-refractivity contribution is 7.13. The monoisotopic (exact) mass is 304 g/mol. The van der Waals surface area contributed by atoms with Crippen LogP contribution in [0.2, 0.25) is 0 Å². The zero-order chi connectivity index (χ0) is 14.7. The van der Waals surface area contributed by atoms with E-state index in [0.29, 0.717) is 12.4 Å². The predicted octanol–water partition coefficient (Wildman–Crippen LogP) is 3.56. The van der Waals surface area contributed by atoms with E-state index in [0.717, 1.165) is 35.6 Å². The third kappa shape index (κ3) is 3.35. The van der Waals surface area contributed by atoms with Crippen LogP contribution in [0.4, 0.5) is 0 Å². The summed E-state index contributed by atoms with van der Waals surface area (Å²) < 4.78 is 5.70. The fourth-order valence-electron chi connectivity index (χ4n) is 2.80. The van der Waals surface area contributed by atoms with Crippen molar-refractivity contribution in [2.75, 3.05) is 6.54 Å². The number of nitrogens with one attached hydrogen (secondary N) is 1. The first-order valence-electron chi connectivity index (χ1n) is 7.52. The molecule has 0 aromatic carbocycles. The molecule has 4 nitrogen and oxygen atoms in total. The Morgan fingerprint density at radius 1 is 1.48 bits per heavy atom. The molecule has 0 radical (unpaired) electrons. The van der Waals surface area contributed by atoms with Crippen LogP contribution in [0.5, 0.6) is 0 Å². The third-order valence-corrected chi connectivity index (χ3v) is 4.87. The molecule has 1 saturated carbocycles. The number of nitrogens with zero attached hydrogens (tertiary/aromatic N) is 1. The minimum atomic E-state index is 0.201. The van der Waals surface area contributed by atoms with E-state index in [4.69, 9.17) is 4.42 Å². The standard InChI is InChI=1S/C16H20N2O2S/c1-11-13(18-16(20-11)14-7-4-10-21-14)8-9-17-15(19)12-5-2-3-6-12/h4,7,10,12H,2-3,5-6,8-9H2,1H3,(H,17,19). The number of amides is 1. The van der Waals surface area contributed by atoms with E-state index in [1.54, 1.807) is 11.3 Å². The summed E-state index contributed by atoms with van der Waals surface area (Å²) in [5.74, 6) is 1.95. The lowest BCUT2D eigenvalue weighted by atomic mass is 10.1. The van der Waals surface area contributed by atoms with Gasteiger partial charge < -0.3 is 9.73 Å². The Balaban J connectivity index is 1.54. The van der Waals surface area contributed by atoms with Gasteiger partial charge in [0.25, 0.3) is 0 Å².